The predicted molar refractivity (Wildman–Crippen MR) is 150 cm³/mol. The Balaban J connectivity index is 1.81. The van der Waals surface area contributed by atoms with E-state index in [0.29, 0.717) is 36.7 Å². The van der Waals surface area contributed by atoms with Gasteiger partial charge in [-0.25, -0.2) is 0 Å². The molecule has 1 atom stereocenters. The predicted octanol–water partition coefficient (Wildman–Crippen LogP) is 6.69. The highest BCUT2D eigenvalue weighted by atomic mass is 35.5. The second-order valence-electron chi connectivity index (χ2n) is 8.91. The summed E-state index contributed by atoms with van der Waals surface area (Å²) in [7, 11) is 0. The molecule has 0 aliphatic heterocycles. The van der Waals surface area contributed by atoms with Crippen molar-refractivity contribution in [2.24, 2.45) is 0 Å². The number of carbonyl (C=O) groups is 2. The normalized spacial score (nSPS) is 11.6. The van der Waals surface area contributed by atoms with Gasteiger partial charge in [-0.2, -0.15) is 0 Å². The first-order chi connectivity index (χ1) is 17.5. The van der Waals surface area contributed by atoms with Crippen molar-refractivity contribution in [3.8, 4) is 0 Å². The van der Waals surface area contributed by atoms with Crippen LogP contribution in [-0.4, -0.2) is 35.1 Å². The van der Waals surface area contributed by atoms with Gasteiger partial charge in [-0.3, -0.25) is 9.59 Å². The molecule has 0 fully saturated rings. The van der Waals surface area contributed by atoms with Crippen LogP contribution in [-0.2, 0) is 22.6 Å². The van der Waals surface area contributed by atoms with Crippen LogP contribution in [0.25, 0.3) is 0 Å². The molecule has 3 aromatic carbocycles. The number of amides is 2. The quantitative estimate of drug-likeness (QED) is 0.201. The summed E-state index contributed by atoms with van der Waals surface area (Å²) in [6, 6.07) is 25.1. The van der Waals surface area contributed by atoms with Gasteiger partial charge >= 0.3 is 0 Å². The minimum absolute atomic E-state index is 0.0314. The summed E-state index contributed by atoms with van der Waals surface area (Å²) in [5.74, 6) is 0.506. The molecule has 0 saturated heterocycles. The minimum Gasteiger partial charge on any atom is -0.354 e. The second-order valence-corrected chi connectivity index (χ2v) is 10.5. The van der Waals surface area contributed by atoms with Gasteiger partial charge < -0.3 is 10.2 Å². The van der Waals surface area contributed by atoms with Gasteiger partial charge in [0.05, 0.1) is 0 Å². The number of benzene rings is 3. The van der Waals surface area contributed by atoms with Crippen LogP contribution in [0.5, 0.6) is 0 Å². The molecule has 6 heteroatoms. The number of nitrogens with zero attached hydrogens (tertiary/aromatic N) is 1. The van der Waals surface area contributed by atoms with Gasteiger partial charge in [0.15, 0.2) is 0 Å². The van der Waals surface area contributed by atoms with E-state index in [4.69, 9.17) is 11.6 Å². The van der Waals surface area contributed by atoms with E-state index < -0.39 is 6.04 Å². The van der Waals surface area contributed by atoms with Gasteiger partial charge in [-0.05, 0) is 48.7 Å². The Morgan fingerprint density at radius 3 is 2.31 bits per heavy atom. The smallest absolute Gasteiger partial charge is 0.243 e. The Morgan fingerprint density at radius 1 is 0.944 bits per heavy atom. The molecule has 190 valence electrons. The van der Waals surface area contributed by atoms with E-state index in [-0.39, 0.29) is 11.8 Å². The fraction of sp³-hybridized carbons (Fsp3) is 0.333. The number of aryl methyl sites for hydroxylation is 1. The summed E-state index contributed by atoms with van der Waals surface area (Å²) in [5, 5.41) is 3.71. The standard InChI is InChI=1S/C30H35ClN2O2S/c1-3-4-19-32-30(35)28(21-24-8-6-5-7-9-24)33(22-25-12-14-26(31)15-13-25)29(34)18-20-36-27-16-10-23(2)11-17-27/h5-17,28H,3-4,18-22H2,1-2H3,(H,32,35)/t28-/m0/s1. The zero-order valence-corrected chi connectivity index (χ0v) is 22.7. The molecule has 0 aliphatic rings. The summed E-state index contributed by atoms with van der Waals surface area (Å²) >= 11 is 7.75. The maximum Gasteiger partial charge on any atom is 0.243 e. The first kappa shape index (κ1) is 27.8. The molecule has 0 saturated carbocycles. The van der Waals surface area contributed by atoms with Gasteiger partial charge in [-0.15, -0.1) is 11.8 Å². The number of thioether (sulfide) groups is 1. The number of carbonyl (C=O) groups excluding carboxylic acids is 2. The monoisotopic (exact) mass is 522 g/mol. The molecule has 0 spiro atoms. The molecule has 36 heavy (non-hydrogen) atoms. The van der Waals surface area contributed by atoms with E-state index in [1.807, 2.05) is 54.6 Å². The van der Waals surface area contributed by atoms with Crippen molar-refractivity contribution >= 4 is 35.2 Å². The Morgan fingerprint density at radius 2 is 1.64 bits per heavy atom. The van der Waals surface area contributed by atoms with E-state index in [1.54, 1.807) is 16.7 Å². The Kier molecular flexibility index (Phi) is 11.4. The number of unbranched alkanes of at least 4 members (excludes halogenated alkanes) is 1. The van der Waals surface area contributed by atoms with Gasteiger partial charge in [0.1, 0.15) is 6.04 Å². The van der Waals surface area contributed by atoms with E-state index >= 15 is 0 Å². The Bertz CT molecular complexity index is 1090. The fourth-order valence-corrected chi connectivity index (χ4v) is 4.85. The SMILES string of the molecule is CCCCNC(=O)[C@H](Cc1ccccc1)N(Cc1ccc(Cl)cc1)C(=O)CCSc1ccc(C)cc1. The fourth-order valence-electron chi connectivity index (χ4n) is 3.88. The second kappa shape index (κ2) is 14.7. The third-order valence-electron chi connectivity index (χ3n) is 5.97. The van der Waals surface area contributed by atoms with Crippen LogP contribution >= 0.6 is 23.4 Å². The topological polar surface area (TPSA) is 49.4 Å². The molecular weight excluding hydrogens is 488 g/mol. The van der Waals surface area contributed by atoms with Gasteiger partial charge in [0.2, 0.25) is 11.8 Å². The van der Waals surface area contributed by atoms with Crippen molar-refractivity contribution in [3.05, 3.63) is 101 Å². The summed E-state index contributed by atoms with van der Waals surface area (Å²) in [6.07, 6.45) is 2.71. The first-order valence-electron chi connectivity index (χ1n) is 12.5. The number of rotatable bonds is 13. The summed E-state index contributed by atoms with van der Waals surface area (Å²) < 4.78 is 0. The third kappa shape index (κ3) is 9.03. The molecule has 3 aromatic rings. The lowest BCUT2D eigenvalue weighted by atomic mass is 10.0. The third-order valence-corrected chi connectivity index (χ3v) is 7.24. The van der Waals surface area contributed by atoms with Crippen molar-refractivity contribution in [1.82, 2.24) is 10.2 Å². The van der Waals surface area contributed by atoms with Crippen LogP contribution in [0.1, 0.15) is 42.9 Å². The molecule has 0 unspecified atom stereocenters. The molecular formula is C30H35ClN2O2S. The molecule has 0 bridgehead atoms. The van der Waals surface area contributed by atoms with Gasteiger partial charge in [0.25, 0.3) is 0 Å². The summed E-state index contributed by atoms with van der Waals surface area (Å²) in [5.41, 5.74) is 3.18. The molecule has 0 heterocycles. The maximum absolute atomic E-state index is 13.6. The lowest BCUT2D eigenvalue weighted by Gasteiger charge is -2.31. The molecule has 4 nitrogen and oxygen atoms in total. The summed E-state index contributed by atoms with van der Waals surface area (Å²) in [4.78, 5) is 29.9. The molecule has 0 radical (unpaired) electrons. The highest BCUT2D eigenvalue weighted by molar-refractivity contribution is 7.99. The Hall–Kier alpha value is -2.76. The number of hydrogen-bond donors (Lipinski definition) is 1. The van der Waals surface area contributed by atoms with Gasteiger partial charge in [0, 0.05) is 41.6 Å². The van der Waals surface area contributed by atoms with Crippen molar-refractivity contribution in [2.75, 3.05) is 12.3 Å². The van der Waals surface area contributed by atoms with Crippen LogP contribution in [0.4, 0.5) is 0 Å². The highest BCUT2D eigenvalue weighted by Crippen LogP contribution is 2.22. The minimum atomic E-state index is -0.600. The molecule has 2 amide bonds. The zero-order valence-electron chi connectivity index (χ0n) is 21.1. The van der Waals surface area contributed by atoms with Crippen molar-refractivity contribution < 1.29 is 9.59 Å². The van der Waals surface area contributed by atoms with Crippen molar-refractivity contribution in [2.45, 2.75) is 57.0 Å². The molecule has 3 rings (SSSR count). The van der Waals surface area contributed by atoms with E-state index in [1.165, 1.54) is 5.56 Å². The Labute approximate surface area is 224 Å². The van der Waals surface area contributed by atoms with Crippen molar-refractivity contribution in [3.63, 3.8) is 0 Å². The molecule has 0 aromatic heterocycles. The number of hydrogen-bond acceptors (Lipinski definition) is 3. The largest absolute Gasteiger partial charge is 0.354 e. The maximum atomic E-state index is 13.6. The highest BCUT2D eigenvalue weighted by Gasteiger charge is 2.30. The average Bonchev–Trinajstić information content (AvgIpc) is 2.89. The summed E-state index contributed by atoms with van der Waals surface area (Å²) in [6.45, 7) is 5.11. The van der Waals surface area contributed by atoms with Crippen LogP contribution in [0.15, 0.2) is 83.8 Å². The number of halogens is 1. The lowest BCUT2D eigenvalue weighted by Crippen LogP contribution is -2.50. The first-order valence-corrected chi connectivity index (χ1v) is 13.9. The van der Waals surface area contributed by atoms with Crippen molar-refractivity contribution in [1.29, 1.82) is 0 Å². The molecule has 1 N–H and O–H groups in total. The van der Waals surface area contributed by atoms with Crippen LogP contribution in [0, 0.1) is 6.92 Å². The number of nitrogens with one attached hydrogen (secondary N) is 1. The lowest BCUT2D eigenvalue weighted by molar-refractivity contribution is -0.141. The van der Waals surface area contributed by atoms with E-state index in [2.05, 4.69) is 43.4 Å². The van der Waals surface area contributed by atoms with E-state index in [0.717, 1.165) is 28.9 Å². The van der Waals surface area contributed by atoms with Crippen LogP contribution in [0.2, 0.25) is 5.02 Å². The van der Waals surface area contributed by atoms with Gasteiger partial charge in [-0.1, -0.05) is 85.1 Å². The average molecular weight is 523 g/mol. The zero-order chi connectivity index (χ0) is 25.8. The van der Waals surface area contributed by atoms with E-state index in [9.17, 15) is 9.59 Å². The van der Waals surface area contributed by atoms with Crippen LogP contribution < -0.4 is 5.32 Å². The molecule has 0 aliphatic carbocycles. The van der Waals surface area contributed by atoms with Crippen LogP contribution in [0.3, 0.4) is 0 Å².